The molecule has 6 nitrogen and oxygen atoms in total. The molecule has 0 aliphatic heterocycles. The second kappa shape index (κ2) is 6.58. The van der Waals surface area contributed by atoms with Crippen molar-refractivity contribution >= 4 is 45.2 Å². The highest BCUT2D eigenvalue weighted by Gasteiger charge is 2.14. The maximum absolute atomic E-state index is 11.4. The molecule has 0 aliphatic carbocycles. The molecule has 8 heteroatoms. The monoisotopic (exact) mass is 336 g/mol. The van der Waals surface area contributed by atoms with Crippen LogP contribution in [0.1, 0.15) is 0 Å². The van der Waals surface area contributed by atoms with E-state index < -0.39 is 18.1 Å². The maximum atomic E-state index is 11.4. The van der Waals surface area contributed by atoms with Crippen LogP contribution < -0.4 is 10.6 Å². The Hall–Kier alpha value is -1.31. The van der Waals surface area contributed by atoms with Gasteiger partial charge >= 0.3 is 12.0 Å². The molecular formula is C10H10BrClN2O4. The van der Waals surface area contributed by atoms with Crippen LogP contribution in [0.5, 0.6) is 0 Å². The first kappa shape index (κ1) is 14.7. The fraction of sp³-hybridized carbons (Fsp3) is 0.200. The average Bonchev–Trinajstić information content (AvgIpc) is 2.29. The lowest BCUT2D eigenvalue weighted by Crippen LogP contribution is -2.38. The Morgan fingerprint density at radius 3 is 2.67 bits per heavy atom. The van der Waals surface area contributed by atoms with Gasteiger partial charge in [0, 0.05) is 9.50 Å². The van der Waals surface area contributed by atoms with E-state index in [2.05, 4.69) is 26.6 Å². The number of hydrogen-bond donors (Lipinski definition) is 4. The van der Waals surface area contributed by atoms with Crippen LogP contribution in [0.2, 0.25) is 5.02 Å². The first-order valence-electron chi connectivity index (χ1n) is 4.81. The molecule has 0 spiro atoms. The van der Waals surface area contributed by atoms with E-state index in [1.807, 2.05) is 0 Å². The summed E-state index contributed by atoms with van der Waals surface area (Å²) in [5, 5.41) is 22.6. The Labute approximate surface area is 116 Å². The molecule has 0 radical (unpaired) electrons. The molecule has 0 aromatic heterocycles. The van der Waals surface area contributed by atoms with Gasteiger partial charge in [-0.3, -0.25) is 0 Å². The zero-order valence-corrected chi connectivity index (χ0v) is 11.3. The number of halogens is 2. The van der Waals surface area contributed by atoms with Crippen molar-refractivity contribution in [2.45, 2.75) is 6.10 Å². The van der Waals surface area contributed by atoms with Crippen molar-refractivity contribution < 1.29 is 19.8 Å². The number of carboxylic acid groups (broad SMARTS) is 1. The van der Waals surface area contributed by atoms with Gasteiger partial charge in [0.25, 0.3) is 0 Å². The van der Waals surface area contributed by atoms with Crippen LogP contribution in [0.3, 0.4) is 0 Å². The van der Waals surface area contributed by atoms with E-state index in [1.54, 1.807) is 18.2 Å². The molecule has 1 aromatic carbocycles. The molecule has 98 valence electrons. The van der Waals surface area contributed by atoms with Crippen LogP contribution in [-0.2, 0) is 4.79 Å². The fourth-order valence-corrected chi connectivity index (χ4v) is 1.82. The van der Waals surface area contributed by atoms with E-state index in [1.165, 1.54) is 0 Å². The number of anilines is 1. The number of urea groups is 1. The number of amides is 2. The molecule has 0 bridgehead atoms. The van der Waals surface area contributed by atoms with Crippen LogP contribution in [-0.4, -0.2) is 34.9 Å². The van der Waals surface area contributed by atoms with Crippen LogP contribution in [0.4, 0.5) is 10.5 Å². The minimum atomic E-state index is -1.63. The Bertz CT molecular complexity index is 469. The topological polar surface area (TPSA) is 98.7 Å². The summed E-state index contributed by atoms with van der Waals surface area (Å²) in [4.78, 5) is 21.7. The Morgan fingerprint density at radius 2 is 2.11 bits per heavy atom. The summed E-state index contributed by atoms with van der Waals surface area (Å²) < 4.78 is 0.587. The first-order chi connectivity index (χ1) is 8.40. The molecule has 1 rings (SSSR count). The van der Waals surface area contributed by atoms with Crippen molar-refractivity contribution in [1.29, 1.82) is 0 Å². The molecule has 4 N–H and O–H groups in total. The number of carboxylic acids is 1. The fourth-order valence-electron chi connectivity index (χ4n) is 1.03. The average molecular weight is 338 g/mol. The van der Waals surface area contributed by atoms with E-state index in [0.717, 1.165) is 0 Å². The lowest BCUT2D eigenvalue weighted by Gasteiger charge is -2.10. The van der Waals surface area contributed by atoms with E-state index >= 15 is 0 Å². The molecule has 0 aliphatic rings. The van der Waals surface area contributed by atoms with Gasteiger partial charge in [-0.15, -0.1) is 0 Å². The zero-order chi connectivity index (χ0) is 13.7. The number of benzene rings is 1. The maximum Gasteiger partial charge on any atom is 0.334 e. The van der Waals surface area contributed by atoms with Gasteiger partial charge in [0.1, 0.15) is 0 Å². The zero-order valence-electron chi connectivity index (χ0n) is 8.98. The molecule has 1 aromatic rings. The van der Waals surface area contributed by atoms with Crippen LogP contribution in [0.25, 0.3) is 0 Å². The molecule has 0 saturated heterocycles. The third kappa shape index (κ3) is 4.52. The van der Waals surface area contributed by atoms with Gasteiger partial charge < -0.3 is 20.8 Å². The molecule has 1 unspecified atom stereocenters. The highest BCUT2D eigenvalue weighted by atomic mass is 79.9. The van der Waals surface area contributed by atoms with Crippen LogP contribution >= 0.6 is 27.5 Å². The van der Waals surface area contributed by atoms with Crippen LogP contribution in [0, 0.1) is 0 Å². The number of aliphatic carboxylic acids is 1. The van der Waals surface area contributed by atoms with Crippen molar-refractivity contribution in [1.82, 2.24) is 5.32 Å². The summed E-state index contributed by atoms with van der Waals surface area (Å²) in [5.41, 5.74) is 0.474. The normalized spacial score (nSPS) is 11.7. The smallest absolute Gasteiger partial charge is 0.334 e. The van der Waals surface area contributed by atoms with Gasteiger partial charge in [0.2, 0.25) is 0 Å². The SMILES string of the molecule is O=C(NCC(O)C(=O)O)Nc1ccc(Cl)cc1Br. The number of rotatable bonds is 4. The van der Waals surface area contributed by atoms with E-state index in [4.69, 9.17) is 21.8 Å². The number of carbonyl (C=O) groups excluding carboxylic acids is 1. The highest BCUT2D eigenvalue weighted by Crippen LogP contribution is 2.25. The van der Waals surface area contributed by atoms with Crippen LogP contribution in [0.15, 0.2) is 22.7 Å². The number of carbonyl (C=O) groups is 2. The molecule has 2 amide bonds. The molecule has 18 heavy (non-hydrogen) atoms. The van der Waals surface area contributed by atoms with Gasteiger partial charge in [-0.25, -0.2) is 9.59 Å². The van der Waals surface area contributed by atoms with Crippen molar-refractivity contribution in [2.24, 2.45) is 0 Å². The van der Waals surface area contributed by atoms with E-state index in [-0.39, 0.29) is 6.54 Å². The molecule has 0 saturated carbocycles. The Kier molecular flexibility index (Phi) is 5.39. The predicted octanol–water partition coefficient (Wildman–Crippen LogP) is 1.67. The number of nitrogens with one attached hydrogen (secondary N) is 2. The van der Waals surface area contributed by atoms with Gasteiger partial charge in [-0.05, 0) is 34.1 Å². The first-order valence-corrected chi connectivity index (χ1v) is 5.98. The summed E-state index contributed by atoms with van der Waals surface area (Å²) in [6, 6.07) is 4.15. The molecule has 0 heterocycles. The highest BCUT2D eigenvalue weighted by molar-refractivity contribution is 9.10. The second-order valence-corrected chi connectivity index (χ2v) is 4.60. The van der Waals surface area contributed by atoms with Gasteiger partial charge in [0.05, 0.1) is 12.2 Å². The summed E-state index contributed by atoms with van der Waals surface area (Å²) in [5.74, 6) is -1.40. The van der Waals surface area contributed by atoms with Gasteiger partial charge in [-0.1, -0.05) is 11.6 Å². The third-order valence-electron chi connectivity index (χ3n) is 1.92. The molecular weight excluding hydrogens is 327 g/mol. The lowest BCUT2D eigenvalue weighted by molar-refractivity contribution is -0.146. The molecule has 1 atom stereocenters. The molecule has 0 fully saturated rings. The minimum absolute atomic E-state index is 0.383. The van der Waals surface area contributed by atoms with E-state index in [9.17, 15) is 9.59 Å². The predicted molar refractivity (Wildman–Crippen MR) is 69.8 cm³/mol. The third-order valence-corrected chi connectivity index (χ3v) is 2.81. The van der Waals surface area contributed by atoms with Crippen molar-refractivity contribution in [2.75, 3.05) is 11.9 Å². The van der Waals surface area contributed by atoms with Crippen molar-refractivity contribution in [3.63, 3.8) is 0 Å². The quantitative estimate of drug-likeness (QED) is 0.671. The summed E-state index contributed by atoms with van der Waals surface area (Å²) in [7, 11) is 0. The standard InChI is InChI=1S/C10H10BrClN2O4/c11-6-3-5(12)1-2-7(6)14-10(18)13-4-8(15)9(16)17/h1-3,8,15H,4H2,(H,16,17)(H2,13,14,18). The summed E-state index contributed by atoms with van der Waals surface area (Å²) in [6.07, 6.45) is -1.63. The summed E-state index contributed by atoms with van der Waals surface area (Å²) >= 11 is 8.94. The number of aliphatic hydroxyl groups excluding tert-OH is 1. The number of aliphatic hydroxyl groups is 1. The summed E-state index contributed by atoms with van der Waals surface area (Å²) in [6.45, 7) is -0.383. The largest absolute Gasteiger partial charge is 0.479 e. The lowest BCUT2D eigenvalue weighted by atomic mass is 10.3. The van der Waals surface area contributed by atoms with E-state index in [0.29, 0.717) is 15.2 Å². The Morgan fingerprint density at radius 1 is 1.44 bits per heavy atom. The van der Waals surface area contributed by atoms with Gasteiger partial charge in [-0.2, -0.15) is 0 Å². The Balaban J connectivity index is 2.52. The van der Waals surface area contributed by atoms with Crippen molar-refractivity contribution in [3.8, 4) is 0 Å². The minimum Gasteiger partial charge on any atom is -0.479 e. The number of hydrogen-bond acceptors (Lipinski definition) is 3. The second-order valence-electron chi connectivity index (χ2n) is 3.31. The van der Waals surface area contributed by atoms with Crippen molar-refractivity contribution in [3.05, 3.63) is 27.7 Å². The van der Waals surface area contributed by atoms with Gasteiger partial charge in [0.15, 0.2) is 6.10 Å².